The molecular weight excluding hydrogens is 246 g/mol. The first-order chi connectivity index (χ1) is 8.74. The van der Waals surface area contributed by atoms with Gasteiger partial charge in [0, 0.05) is 23.1 Å². The van der Waals surface area contributed by atoms with Gasteiger partial charge in [0.2, 0.25) is 0 Å². The van der Waals surface area contributed by atoms with Crippen LogP contribution in [0.4, 0.5) is 0 Å². The number of nitrogens with two attached hydrogens (primary N) is 1. The average Bonchev–Trinajstić information content (AvgIpc) is 2.89. The number of nitrogens with one attached hydrogen (secondary N) is 1. The van der Waals surface area contributed by atoms with Crippen LogP contribution in [0, 0.1) is 6.92 Å². The highest BCUT2D eigenvalue weighted by molar-refractivity contribution is 7.09. The number of thiazole rings is 1. The molecule has 0 spiro atoms. The van der Waals surface area contributed by atoms with Crippen LogP contribution < -0.4 is 16.0 Å². The summed E-state index contributed by atoms with van der Waals surface area (Å²) < 4.78 is 5.42. The third-order valence-corrected chi connectivity index (χ3v) is 3.66. The zero-order valence-electron chi connectivity index (χ0n) is 10.5. The van der Waals surface area contributed by atoms with Gasteiger partial charge in [0.05, 0.1) is 18.7 Å². The van der Waals surface area contributed by atoms with Crippen LogP contribution in [-0.2, 0) is 6.42 Å². The van der Waals surface area contributed by atoms with E-state index < -0.39 is 0 Å². The number of hydrogen-bond donors (Lipinski definition) is 2. The summed E-state index contributed by atoms with van der Waals surface area (Å²) in [6.45, 7) is 2.04. The molecule has 96 valence electrons. The van der Waals surface area contributed by atoms with Gasteiger partial charge >= 0.3 is 0 Å². The first-order valence-electron chi connectivity index (χ1n) is 5.72. The number of nitrogens with zero attached hydrogens (tertiary/aromatic N) is 1. The summed E-state index contributed by atoms with van der Waals surface area (Å²) in [4.78, 5) is 5.27. The molecule has 0 bridgehead atoms. The summed E-state index contributed by atoms with van der Waals surface area (Å²) in [7, 11) is 1.68. The normalized spacial score (nSPS) is 12.4. The number of aromatic nitrogens is 1. The van der Waals surface area contributed by atoms with Crippen molar-refractivity contribution >= 4 is 11.3 Å². The maximum Gasteiger partial charge on any atom is 0.123 e. The van der Waals surface area contributed by atoms with Crippen molar-refractivity contribution in [3.63, 3.8) is 0 Å². The minimum atomic E-state index is 0.0287. The second kappa shape index (κ2) is 5.95. The van der Waals surface area contributed by atoms with Gasteiger partial charge in [0.25, 0.3) is 0 Å². The maximum atomic E-state index is 5.66. The van der Waals surface area contributed by atoms with Gasteiger partial charge in [0.15, 0.2) is 0 Å². The topological polar surface area (TPSA) is 60.2 Å². The summed E-state index contributed by atoms with van der Waals surface area (Å²) in [5.41, 5.74) is 6.92. The maximum absolute atomic E-state index is 5.66. The molecule has 1 unspecified atom stereocenters. The van der Waals surface area contributed by atoms with Crippen LogP contribution >= 0.6 is 11.3 Å². The number of methoxy groups -OCH3 is 1. The second-order valence-electron chi connectivity index (χ2n) is 4.14. The number of rotatable bonds is 5. The summed E-state index contributed by atoms with van der Waals surface area (Å²) >= 11 is 1.63. The number of aryl methyl sites for hydroxylation is 1. The Balaban J connectivity index is 2.26. The van der Waals surface area contributed by atoms with Gasteiger partial charge < -0.3 is 4.74 Å². The summed E-state index contributed by atoms with van der Waals surface area (Å²) in [5, 5.41) is 0. The van der Waals surface area contributed by atoms with E-state index in [1.165, 1.54) is 10.4 Å². The molecule has 2 rings (SSSR count). The fraction of sp³-hybridized carbons (Fsp3) is 0.308. The molecule has 1 atom stereocenters. The van der Waals surface area contributed by atoms with Crippen LogP contribution in [-0.4, -0.2) is 12.1 Å². The van der Waals surface area contributed by atoms with Gasteiger partial charge in [-0.2, -0.15) is 0 Å². The molecule has 0 aliphatic carbocycles. The Kier molecular flexibility index (Phi) is 4.30. The molecule has 4 nitrogen and oxygen atoms in total. The number of ether oxygens (including phenoxy) is 1. The van der Waals surface area contributed by atoms with Crippen molar-refractivity contribution in [2.24, 2.45) is 5.84 Å². The summed E-state index contributed by atoms with van der Waals surface area (Å²) in [5.74, 6) is 6.53. The van der Waals surface area contributed by atoms with Gasteiger partial charge in [-0.15, -0.1) is 11.3 Å². The minimum absolute atomic E-state index is 0.0287. The lowest BCUT2D eigenvalue weighted by molar-refractivity contribution is 0.399. The lowest BCUT2D eigenvalue weighted by Gasteiger charge is -2.18. The third-order valence-electron chi connectivity index (χ3n) is 2.85. The molecule has 0 saturated heterocycles. The fourth-order valence-corrected chi connectivity index (χ4v) is 2.55. The molecule has 0 fully saturated rings. The van der Waals surface area contributed by atoms with E-state index >= 15 is 0 Å². The van der Waals surface area contributed by atoms with E-state index in [-0.39, 0.29) is 6.04 Å². The molecule has 0 radical (unpaired) electrons. The van der Waals surface area contributed by atoms with Crippen LogP contribution in [0.3, 0.4) is 0 Å². The molecule has 3 N–H and O–H groups in total. The molecule has 0 aliphatic rings. The van der Waals surface area contributed by atoms with E-state index in [4.69, 9.17) is 10.6 Å². The SMILES string of the molecule is COc1cc(C)ccc1C(Cc1cncs1)NN. The highest BCUT2D eigenvalue weighted by Crippen LogP contribution is 2.28. The fourth-order valence-electron chi connectivity index (χ4n) is 1.91. The van der Waals surface area contributed by atoms with Crippen LogP contribution in [0.15, 0.2) is 29.9 Å². The van der Waals surface area contributed by atoms with Crippen LogP contribution in [0.5, 0.6) is 5.75 Å². The van der Waals surface area contributed by atoms with Gasteiger partial charge in [-0.1, -0.05) is 12.1 Å². The zero-order valence-corrected chi connectivity index (χ0v) is 11.3. The smallest absolute Gasteiger partial charge is 0.123 e. The quantitative estimate of drug-likeness (QED) is 0.641. The standard InChI is InChI=1S/C13H17N3OS/c1-9-3-4-11(13(5-9)17-2)12(16-14)6-10-7-15-8-18-10/h3-5,7-8,12,16H,6,14H2,1-2H3. The molecule has 1 aromatic carbocycles. The predicted molar refractivity (Wildman–Crippen MR) is 73.6 cm³/mol. The van der Waals surface area contributed by atoms with Crippen molar-refractivity contribution in [3.8, 4) is 5.75 Å². The Labute approximate surface area is 111 Å². The highest BCUT2D eigenvalue weighted by Gasteiger charge is 2.16. The molecule has 2 aromatic rings. The van der Waals surface area contributed by atoms with Crippen molar-refractivity contribution in [3.05, 3.63) is 45.9 Å². The lowest BCUT2D eigenvalue weighted by Crippen LogP contribution is -2.29. The Hall–Kier alpha value is -1.43. The van der Waals surface area contributed by atoms with E-state index in [1.807, 2.05) is 24.7 Å². The molecule has 0 aliphatic heterocycles. The van der Waals surface area contributed by atoms with Gasteiger partial charge in [-0.3, -0.25) is 16.3 Å². The number of benzene rings is 1. The molecule has 5 heteroatoms. The molecule has 18 heavy (non-hydrogen) atoms. The highest BCUT2D eigenvalue weighted by atomic mass is 32.1. The second-order valence-corrected chi connectivity index (χ2v) is 5.11. The Morgan fingerprint density at radius 3 is 2.94 bits per heavy atom. The van der Waals surface area contributed by atoms with E-state index in [1.54, 1.807) is 18.4 Å². The summed E-state index contributed by atoms with van der Waals surface area (Å²) in [6, 6.07) is 6.17. The molecular formula is C13H17N3OS. The van der Waals surface area contributed by atoms with Gasteiger partial charge in [-0.05, 0) is 18.6 Å². The zero-order chi connectivity index (χ0) is 13.0. The molecule has 0 amide bonds. The predicted octanol–water partition coefficient (Wildman–Crippen LogP) is 2.21. The van der Waals surface area contributed by atoms with Crippen molar-refractivity contribution in [2.75, 3.05) is 7.11 Å². The van der Waals surface area contributed by atoms with Crippen molar-refractivity contribution < 1.29 is 4.74 Å². The van der Waals surface area contributed by atoms with Gasteiger partial charge in [0.1, 0.15) is 5.75 Å². The Morgan fingerprint density at radius 1 is 1.50 bits per heavy atom. The van der Waals surface area contributed by atoms with Crippen LogP contribution in [0.25, 0.3) is 0 Å². The number of hydrazine groups is 1. The van der Waals surface area contributed by atoms with Crippen molar-refractivity contribution in [1.29, 1.82) is 0 Å². The minimum Gasteiger partial charge on any atom is -0.496 e. The Morgan fingerprint density at radius 2 is 2.33 bits per heavy atom. The van der Waals surface area contributed by atoms with Crippen molar-refractivity contribution in [2.45, 2.75) is 19.4 Å². The van der Waals surface area contributed by atoms with Crippen molar-refractivity contribution in [1.82, 2.24) is 10.4 Å². The largest absolute Gasteiger partial charge is 0.496 e. The van der Waals surface area contributed by atoms with E-state index in [0.717, 1.165) is 17.7 Å². The van der Waals surface area contributed by atoms with E-state index in [9.17, 15) is 0 Å². The monoisotopic (exact) mass is 263 g/mol. The first-order valence-corrected chi connectivity index (χ1v) is 6.60. The lowest BCUT2D eigenvalue weighted by atomic mass is 10.0. The molecule has 1 aromatic heterocycles. The summed E-state index contributed by atoms with van der Waals surface area (Å²) in [6.07, 6.45) is 2.68. The molecule has 0 saturated carbocycles. The molecule has 1 heterocycles. The van der Waals surface area contributed by atoms with E-state index in [2.05, 4.69) is 22.5 Å². The Bertz CT molecular complexity index is 499. The average molecular weight is 263 g/mol. The van der Waals surface area contributed by atoms with E-state index in [0.29, 0.717) is 0 Å². The first kappa shape index (κ1) is 13.0. The van der Waals surface area contributed by atoms with Crippen LogP contribution in [0.2, 0.25) is 0 Å². The van der Waals surface area contributed by atoms with Crippen LogP contribution in [0.1, 0.15) is 22.0 Å². The van der Waals surface area contributed by atoms with Gasteiger partial charge in [-0.25, -0.2) is 0 Å². The number of hydrogen-bond acceptors (Lipinski definition) is 5. The third kappa shape index (κ3) is 2.87.